The van der Waals surface area contributed by atoms with Crippen LogP contribution in [0.3, 0.4) is 0 Å². The molecule has 0 aromatic rings. The molecule has 3 N–H and O–H groups in total. The smallest absolute Gasteiger partial charge is 0.188 e. The van der Waals surface area contributed by atoms with E-state index in [-0.39, 0.29) is 5.60 Å². The molecule has 0 aliphatic rings. The lowest BCUT2D eigenvalue weighted by Crippen LogP contribution is -2.35. The normalized spacial score (nSPS) is 13.1. The van der Waals surface area contributed by atoms with Crippen molar-refractivity contribution in [3.05, 3.63) is 0 Å². The highest BCUT2D eigenvalue weighted by molar-refractivity contribution is 5.77. The van der Waals surface area contributed by atoms with Crippen LogP contribution in [0.1, 0.15) is 27.2 Å². The minimum Gasteiger partial charge on any atom is -0.377 e. The molecule has 4 nitrogen and oxygen atoms in total. The first-order valence-corrected chi connectivity index (χ1v) is 4.61. The SMILES string of the molecule is CCCNC(N)=NCC(C)(C)OC. The summed E-state index contributed by atoms with van der Waals surface area (Å²) >= 11 is 0. The van der Waals surface area contributed by atoms with Gasteiger partial charge in [-0.1, -0.05) is 6.92 Å². The van der Waals surface area contributed by atoms with Crippen LogP contribution in [0.2, 0.25) is 0 Å². The van der Waals surface area contributed by atoms with E-state index >= 15 is 0 Å². The number of ether oxygens (including phenoxy) is 1. The first kappa shape index (κ1) is 12.2. The van der Waals surface area contributed by atoms with E-state index in [1.165, 1.54) is 0 Å². The van der Waals surface area contributed by atoms with Gasteiger partial charge in [0, 0.05) is 13.7 Å². The molecule has 0 saturated heterocycles. The molecule has 13 heavy (non-hydrogen) atoms. The van der Waals surface area contributed by atoms with Gasteiger partial charge in [0.05, 0.1) is 12.1 Å². The molecule has 0 aromatic heterocycles. The van der Waals surface area contributed by atoms with E-state index < -0.39 is 0 Å². The maximum Gasteiger partial charge on any atom is 0.188 e. The highest BCUT2D eigenvalue weighted by Crippen LogP contribution is 2.06. The summed E-state index contributed by atoms with van der Waals surface area (Å²) in [7, 11) is 1.67. The Balaban J connectivity index is 3.82. The zero-order chi connectivity index (χ0) is 10.3. The van der Waals surface area contributed by atoms with Gasteiger partial charge in [0.15, 0.2) is 5.96 Å². The van der Waals surface area contributed by atoms with Gasteiger partial charge >= 0.3 is 0 Å². The Morgan fingerprint density at radius 1 is 1.54 bits per heavy atom. The maximum absolute atomic E-state index is 5.60. The molecule has 0 amide bonds. The molecule has 0 aliphatic carbocycles. The molecule has 0 aromatic carbocycles. The van der Waals surface area contributed by atoms with Crippen LogP contribution < -0.4 is 11.1 Å². The lowest BCUT2D eigenvalue weighted by atomic mass is 10.1. The van der Waals surface area contributed by atoms with Gasteiger partial charge in [-0.15, -0.1) is 0 Å². The van der Waals surface area contributed by atoms with Crippen molar-refractivity contribution in [1.82, 2.24) is 5.32 Å². The summed E-state index contributed by atoms with van der Waals surface area (Å²) in [6, 6.07) is 0. The first-order chi connectivity index (χ1) is 6.02. The Morgan fingerprint density at radius 2 is 2.15 bits per heavy atom. The van der Waals surface area contributed by atoms with E-state index in [1.807, 2.05) is 13.8 Å². The summed E-state index contributed by atoms with van der Waals surface area (Å²) in [5.41, 5.74) is 5.37. The lowest BCUT2D eigenvalue weighted by molar-refractivity contribution is 0.0311. The van der Waals surface area contributed by atoms with Crippen molar-refractivity contribution < 1.29 is 4.74 Å². The number of hydrogen-bond acceptors (Lipinski definition) is 2. The number of hydrogen-bond donors (Lipinski definition) is 2. The molecule has 0 spiro atoms. The molecule has 4 heteroatoms. The van der Waals surface area contributed by atoms with Crippen molar-refractivity contribution in [2.24, 2.45) is 10.7 Å². The molecule has 78 valence electrons. The number of guanidine groups is 1. The Kier molecular flexibility index (Phi) is 5.46. The topological polar surface area (TPSA) is 59.6 Å². The molecule has 0 aliphatic heterocycles. The van der Waals surface area contributed by atoms with E-state index in [2.05, 4.69) is 17.2 Å². The Labute approximate surface area is 80.6 Å². The molecule has 0 bridgehead atoms. The second kappa shape index (κ2) is 5.80. The number of nitrogens with two attached hydrogens (primary N) is 1. The number of rotatable bonds is 5. The van der Waals surface area contributed by atoms with Crippen molar-refractivity contribution in [2.75, 3.05) is 20.2 Å². The molecule has 0 unspecified atom stereocenters. The standard InChI is InChI=1S/C9H21N3O/c1-5-6-11-8(10)12-7-9(2,3)13-4/h5-7H2,1-4H3,(H3,10,11,12). The highest BCUT2D eigenvalue weighted by atomic mass is 16.5. The average molecular weight is 187 g/mol. The summed E-state index contributed by atoms with van der Waals surface area (Å²) < 4.78 is 5.20. The quantitative estimate of drug-likeness (QED) is 0.492. The average Bonchev–Trinajstić information content (AvgIpc) is 2.11. The molecular weight excluding hydrogens is 166 g/mol. The molecule has 0 heterocycles. The van der Waals surface area contributed by atoms with Gasteiger partial charge in [0.2, 0.25) is 0 Å². The summed E-state index contributed by atoms with van der Waals surface area (Å²) in [6.45, 7) is 7.47. The molecular formula is C9H21N3O. The first-order valence-electron chi connectivity index (χ1n) is 4.61. The largest absolute Gasteiger partial charge is 0.377 e. The zero-order valence-electron chi connectivity index (χ0n) is 9.05. The number of nitrogens with one attached hydrogen (secondary N) is 1. The summed E-state index contributed by atoms with van der Waals surface area (Å²) in [6.07, 6.45) is 1.05. The van der Waals surface area contributed by atoms with Gasteiger partial charge in [-0.3, -0.25) is 4.99 Å². The van der Waals surface area contributed by atoms with E-state index in [0.717, 1.165) is 13.0 Å². The minimum atomic E-state index is -0.238. The Morgan fingerprint density at radius 3 is 2.62 bits per heavy atom. The van der Waals surface area contributed by atoms with Crippen molar-refractivity contribution in [1.29, 1.82) is 0 Å². The predicted octanol–water partition coefficient (Wildman–Crippen LogP) is 0.726. The molecule has 0 fully saturated rings. The van der Waals surface area contributed by atoms with E-state index in [4.69, 9.17) is 10.5 Å². The van der Waals surface area contributed by atoms with Crippen LogP contribution in [-0.4, -0.2) is 31.8 Å². The van der Waals surface area contributed by atoms with Gasteiger partial charge in [0.1, 0.15) is 0 Å². The second-order valence-electron chi connectivity index (χ2n) is 3.59. The van der Waals surface area contributed by atoms with E-state index in [9.17, 15) is 0 Å². The van der Waals surface area contributed by atoms with Crippen molar-refractivity contribution >= 4 is 5.96 Å². The third kappa shape index (κ3) is 6.40. The van der Waals surface area contributed by atoms with E-state index in [1.54, 1.807) is 7.11 Å². The monoisotopic (exact) mass is 187 g/mol. The third-order valence-electron chi connectivity index (χ3n) is 1.74. The van der Waals surface area contributed by atoms with Crippen LogP contribution in [0.5, 0.6) is 0 Å². The van der Waals surface area contributed by atoms with Crippen LogP contribution in [0.15, 0.2) is 4.99 Å². The third-order valence-corrected chi connectivity index (χ3v) is 1.74. The summed E-state index contributed by atoms with van der Waals surface area (Å²) in [5.74, 6) is 0.493. The minimum absolute atomic E-state index is 0.238. The number of nitrogens with zero attached hydrogens (tertiary/aromatic N) is 1. The van der Waals surface area contributed by atoms with E-state index in [0.29, 0.717) is 12.5 Å². The van der Waals surface area contributed by atoms with Crippen LogP contribution >= 0.6 is 0 Å². The number of methoxy groups -OCH3 is 1. The highest BCUT2D eigenvalue weighted by Gasteiger charge is 2.14. The fourth-order valence-electron chi connectivity index (χ4n) is 0.649. The number of aliphatic imine (C=N–C) groups is 1. The van der Waals surface area contributed by atoms with Crippen molar-refractivity contribution in [2.45, 2.75) is 32.8 Å². The molecule has 0 atom stereocenters. The fourth-order valence-corrected chi connectivity index (χ4v) is 0.649. The zero-order valence-corrected chi connectivity index (χ0v) is 9.05. The van der Waals surface area contributed by atoms with Gasteiger partial charge in [0.25, 0.3) is 0 Å². The maximum atomic E-state index is 5.60. The van der Waals surface area contributed by atoms with Crippen LogP contribution in [0.25, 0.3) is 0 Å². The predicted molar refractivity (Wildman–Crippen MR) is 55.9 cm³/mol. The van der Waals surface area contributed by atoms with Gasteiger partial charge in [-0.2, -0.15) is 0 Å². The van der Waals surface area contributed by atoms with Crippen LogP contribution in [-0.2, 0) is 4.74 Å². The van der Waals surface area contributed by atoms with Crippen LogP contribution in [0.4, 0.5) is 0 Å². The fraction of sp³-hybridized carbons (Fsp3) is 0.889. The summed E-state index contributed by atoms with van der Waals surface area (Å²) in [5, 5.41) is 3.00. The van der Waals surface area contributed by atoms with Gasteiger partial charge in [-0.25, -0.2) is 0 Å². The Hall–Kier alpha value is -0.770. The molecule has 0 radical (unpaired) electrons. The molecule has 0 saturated carbocycles. The van der Waals surface area contributed by atoms with Gasteiger partial charge in [-0.05, 0) is 20.3 Å². The summed E-state index contributed by atoms with van der Waals surface area (Å²) in [4.78, 5) is 4.16. The molecule has 0 rings (SSSR count). The van der Waals surface area contributed by atoms with Crippen molar-refractivity contribution in [3.8, 4) is 0 Å². The lowest BCUT2D eigenvalue weighted by Gasteiger charge is -2.20. The second-order valence-corrected chi connectivity index (χ2v) is 3.59. The van der Waals surface area contributed by atoms with Crippen LogP contribution in [0, 0.1) is 0 Å². The van der Waals surface area contributed by atoms with Crippen molar-refractivity contribution in [3.63, 3.8) is 0 Å². The van der Waals surface area contributed by atoms with Gasteiger partial charge < -0.3 is 15.8 Å². The Bertz CT molecular complexity index is 166.